The Hall–Kier alpha value is -0.390. The van der Waals surface area contributed by atoms with Crippen molar-refractivity contribution in [1.29, 1.82) is 0 Å². The molecular formula is C13H24N4S. The summed E-state index contributed by atoms with van der Waals surface area (Å²) in [6.07, 6.45) is 1.24. The predicted octanol–water partition coefficient (Wildman–Crippen LogP) is 0.106. The Balaban J connectivity index is 1.87. The van der Waals surface area contributed by atoms with E-state index in [1.54, 1.807) is 0 Å². The van der Waals surface area contributed by atoms with Gasteiger partial charge < -0.3 is 20.4 Å². The van der Waals surface area contributed by atoms with E-state index in [0.717, 1.165) is 11.0 Å². The van der Waals surface area contributed by atoms with Crippen LogP contribution < -0.4 is 10.6 Å². The number of fused-ring (bicyclic) bond motifs is 1. The van der Waals surface area contributed by atoms with Crippen molar-refractivity contribution < 1.29 is 0 Å². The summed E-state index contributed by atoms with van der Waals surface area (Å²) in [6, 6.07) is 0.549. The first-order valence-electron chi connectivity index (χ1n) is 7.10. The average Bonchev–Trinajstić information content (AvgIpc) is 2.61. The van der Waals surface area contributed by atoms with Crippen molar-refractivity contribution in [2.24, 2.45) is 11.3 Å². The van der Waals surface area contributed by atoms with Crippen LogP contribution in [0.2, 0.25) is 0 Å². The smallest absolute Gasteiger partial charge is 0.166 e. The number of hydrogen-bond donors (Lipinski definition) is 2. The summed E-state index contributed by atoms with van der Waals surface area (Å²) in [5, 5.41) is 7.48. The van der Waals surface area contributed by atoms with E-state index in [1.165, 1.54) is 45.7 Å². The van der Waals surface area contributed by atoms with Gasteiger partial charge in [0.2, 0.25) is 0 Å². The second-order valence-electron chi connectivity index (χ2n) is 6.15. The highest BCUT2D eigenvalue weighted by Gasteiger charge is 2.53. The van der Waals surface area contributed by atoms with Gasteiger partial charge >= 0.3 is 0 Å². The zero-order valence-electron chi connectivity index (χ0n) is 11.4. The molecule has 4 fully saturated rings. The van der Waals surface area contributed by atoms with Gasteiger partial charge in [0.1, 0.15) is 0 Å². The predicted molar refractivity (Wildman–Crippen MR) is 77.7 cm³/mol. The van der Waals surface area contributed by atoms with E-state index >= 15 is 0 Å². The Kier molecular flexibility index (Phi) is 3.24. The van der Waals surface area contributed by atoms with Crippen molar-refractivity contribution in [2.75, 3.05) is 46.3 Å². The van der Waals surface area contributed by atoms with Crippen LogP contribution >= 0.6 is 12.2 Å². The maximum atomic E-state index is 5.34. The van der Waals surface area contributed by atoms with E-state index in [0.29, 0.717) is 11.5 Å². The van der Waals surface area contributed by atoms with Crippen LogP contribution in [0.3, 0.4) is 0 Å². The highest BCUT2D eigenvalue weighted by molar-refractivity contribution is 7.80. The van der Waals surface area contributed by atoms with Crippen LogP contribution in [0.25, 0.3) is 0 Å². The van der Waals surface area contributed by atoms with Crippen molar-refractivity contribution in [3.8, 4) is 0 Å². The monoisotopic (exact) mass is 268 g/mol. The van der Waals surface area contributed by atoms with Crippen molar-refractivity contribution in [1.82, 2.24) is 20.4 Å². The lowest BCUT2D eigenvalue weighted by molar-refractivity contribution is -0.0271. The molecule has 3 unspecified atom stereocenters. The van der Waals surface area contributed by atoms with Crippen LogP contribution in [0.4, 0.5) is 0 Å². The zero-order valence-corrected chi connectivity index (χ0v) is 12.2. The Morgan fingerprint density at radius 1 is 1.28 bits per heavy atom. The number of nitrogens with zero attached hydrogens (tertiary/aromatic N) is 2. The highest BCUT2D eigenvalue weighted by atomic mass is 32.1. The highest BCUT2D eigenvalue weighted by Crippen LogP contribution is 2.42. The lowest BCUT2D eigenvalue weighted by atomic mass is 9.66. The van der Waals surface area contributed by atoms with E-state index in [2.05, 4.69) is 27.4 Å². The Morgan fingerprint density at radius 2 is 1.89 bits per heavy atom. The van der Waals surface area contributed by atoms with Gasteiger partial charge in [-0.25, -0.2) is 0 Å². The Morgan fingerprint density at radius 3 is 2.39 bits per heavy atom. The molecule has 2 N–H and O–H groups in total. The molecule has 0 spiro atoms. The van der Waals surface area contributed by atoms with Crippen molar-refractivity contribution in [2.45, 2.75) is 19.4 Å². The summed E-state index contributed by atoms with van der Waals surface area (Å²) in [5.41, 5.74) is 0.387. The van der Waals surface area contributed by atoms with Crippen LogP contribution in [0, 0.1) is 11.3 Å². The van der Waals surface area contributed by atoms with Crippen LogP contribution in [-0.2, 0) is 0 Å². The van der Waals surface area contributed by atoms with E-state index in [-0.39, 0.29) is 0 Å². The largest absolute Gasteiger partial charge is 0.366 e. The van der Waals surface area contributed by atoms with Crippen LogP contribution in [0.5, 0.6) is 0 Å². The molecule has 0 radical (unpaired) electrons. The van der Waals surface area contributed by atoms with Crippen LogP contribution in [0.15, 0.2) is 0 Å². The molecule has 0 aromatic rings. The quantitative estimate of drug-likeness (QED) is 0.694. The first kappa shape index (κ1) is 12.6. The summed E-state index contributed by atoms with van der Waals surface area (Å²) in [4.78, 5) is 5.34. The summed E-state index contributed by atoms with van der Waals surface area (Å²) in [6.45, 7) is 9.79. The third-order valence-corrected chi connectivity index (χ3v) is 5.47. The molecule has 0 amide bonds. The van der Waals surface area contributed by atoms with Gasteiger partial charge in [0.05, 0.1) is 0 Å². The fourth-order valence-corrected chi connectivity index (χ4v) is 4.38. The molecule has 4 aliphatic rings. The lowest BCUT2D eigenvalue weighted by Gasteiger charge is -2.55. The average molecular weight is 268 g/mol. The number of nitrogens with one attached hydrogen (secondary N) is 2. The standard InChI is InChI=1S/C13H24N4S/c1-3-13-8-16-4-5-17(9-13)7-10(6-16)11(13)15-12(18)14-2/h10-11H,3-9H2,1-2H3,(H2,14,15,18). The minimum absolute atomic E-state index is 0.387. The van der Waals surface area contributed by atoms with Gasteiger partial charge in [-0.05, 0) is 18.6 Å². The number of hydrogen-bond acceptors (Lipinski definition) is 3. The van der Waals surface area contributed by atoms with E-state index in [9.17, 15) is 0 Å². The van der Waals surface area contributed by atoms with Crippen molar-refractivity contribution >= 4 is 17.3 Å². The van der Waals surface area contributed by atoms with Gasteiger partial charge in [-0.3, -0.25) is 0 Å². The first-order chi connectivity index (χ1) is 8.66. The molecule has 5 heteroatoms. The molecule has 4 nitrogen and oxygen atoms in total. The second-order valence-corrected chi connectivity index (χ2v) is 6.56. The van der Waals surface area contributed by atoms with Gasteiger partial charge in [0.15, 0.2) is 5.11 Å². The maximum absolute atomic E-state index is 5.34. The van der Waals surface area contributed by atoms with Gasteiger partial charge in [-0.15, -0.1) is 0 Å². The summed E-state index contributed by atoms with van der Waals surface area (Å²) in [7, 11) is 1.91. The lowest BCUT2D eigenvalue weighted by Crippen LogP contribution is -2.68. The van der Waals surface area contributed by atoms with E-state index < -0.39 is 0 Å². The summed E-state index contributed by atoms with van der Waals surface area (Å²) >= 11 is 5.34. The van der Waals surface area contributed by atoms with Crippen LogP contribution in [-0.4, -0.2) is 67.3 Å². The molecule has 4 saturated heterocycles. The molecule has 4 heterocycles. The number of piperidine rings is 2. The fourth-order valence-electron chi connectivity index (χ4n) is 4.25. The number of rotatable bonds is 2. The molecule has 0 saturated carbocycles. The molecule has 102 valence electrons. The van der Waals surface area contributed by atoms with Crippen molar-refractivity contribution in [3.63, 3.8) is 0 Å². The normalized spacial score (nSPS) is 45.7. The van der Waals surface area contributed by atoms with Gasteiger partial charge in [0, 0.05) is 63.7 Å². The molecule has 0 aromatic carbocycles. The minimum Gasteiger partial charge on any atom is -0.366 e. The van der Waals surface area contributed by atoms with Gasteiger partial charge in [-0.1, -0.05) is 6.92 Å². The number of thiocarbonyl (C=S) groups is 1. The van der Waals surface area contributed by atoms with Gasteiger partial charge in [0.25, 0.3) is 0 Å². The van der Waals surface area contributed by atoms with E-state index in [1.807, 2.05) is 7.05 Å². The third-order valence-electron chi connectivity index (χ3n) is 5.14. The fraction of sp³-hybridized carbons (Fsp3) is 0.923. The second kappa shape index (κ2) is 4.62. The molecule has 4 bridgehead atoms. The Bertz CT molecular complexity index is 330. The summed E-state index contributed by atoms with van der Waals surface area (Å²) < 4.78 is 0. The van der Waals surface area contributed by atoms with Gasteiger partial charge in [-0.2, -0.15) is 0 Å². The third kappa shape index (κ3) is 1.92. The minimum atomic E-state index is 0.387. The molecule has 18 heavy (non-hydrogen) atoms. The molecule has 4 aliphatic heterocycles. The molecular weight excluding hydrogens is 244 g/mol. The van der Waals surface area contributed by atoms with E-state index in [4.69, 9.17) is 12.2 Å². The van der Waals surface area contributed by atoms with Crippen LogP contribution in [0.1, 0.15) is 13.3 Å². The maximum Gasteiger partial charge on any atom is 0.166 e. The molecule has 4 rings (SSSR count). The molecule has 3 atom stereocenters. The first-order valence-corrected chi connectivity index (χ1v) is 7.50. The molecule has 0 aromatic heterocycles. The SMILES string of the molecule is CCC12CN3CCN(CC(C3)C1NC(=S)NC)C2. The van der Waals surface area contributed by atoms with Crippen molar-refractivity contribution in [3.05, 3.63) is 0 Å². The zero-order chi connectivity index (χ0) is 12.8. The molecule has 0 aliphatic carbocycles. The topological polar surface area (TPSA) is 30.5 Å². The Labute approximate surface area is 115 Å². The summed E-state index contributed by atoms with van der Waals surface area (Å²) in [5.74, 6) is 0.723.